The van der Waals surface area contributed by atoms with E-state index in [2.05, 4.69) is 187 Å². The first-order chi connectivity index (χ1) is 28.7. The summed E-state index contributed by atoms with van der Waals surface area (Å²) < 4.78 is 9.40. The van der Waals surface area contributed by atoms with Gasteiger partial charge in [-0.2, -0.15) is 0 Å². The monoisotopic (exact) mass is 759 g/mol. The summed E-state index contributed by atoms with van der Waals surface area (Å²) in [6.45, 7) is 0. The number of rotatable bonds is 5. The molecule has 2 aromatic heterocycles. The van der Waals surface area contributed by atoms with Gasteiger partial charge in [-0.25, -0.2) is 9.98 Å². The zero-order valence-electron chi connectivity index (χ0n) is 31.2. The van der Waals surface area contributed by atoms with Crippen LogP contribution in [0.15, 0.2) is 202 Å². The summed E-state index contributed by atoms with van der Waals surface area (Å²) in [4.78, 5) is 10.8. The molecule has 1 unspecified atom stereocenters. The Hall–Kier alpha value is -7.34. The molecular weight excluding hydrogens is 727 g/mol. The summed E-state index contributed by atoms with van der Waals surface area (Å²) >= 11 is 1.81. The van der Waals surface area contributed by atoms with Crippen LogP contribution in [0.4, 0.5) is 0 Å². The molecular formula is C53H33N3OS. The van der Waals surface area contributed by atoms with Gasteiger partial charge in [0.25, 0.3) is 0 Å². The molecule has 0 saturated heterocycles. The van der Waals surface area contributed by atoms with E-state index in [1.807, 2.05) is 17.4 Å². The minimum absolute atomic E-state index is 0.547. The van der Waals surface area contributed by atoms with Gasteiger partial charge >= 0.3 is 0 Å². The van der Waals surface area contributed by atoms with Crippen LogP contribution in [0.3, 0.4) is 0 Å². The number of nitrogens with zero attached hydrogens (tertiary/aromatic N) is 2. The van der Waals surface area contributed by atoms with Crippen molar-refractivity contribution >= 4 is 86.7 Å². The van der Waals surface area contributed by atoms with Crippen LogP contribution in [0.2, 0.25) is 0 Å². The molecule has 0 aliphatic carbocycles. The quantitative estimate of drug-likeness (QED) is 0.190. The van der Waals surface area contributed by atoms with Gasteiger partial charge in [0.05, 0.1) is 0 Å². The molecule has 4 nitrogen and oxygen atoms in total. The van der Waals surface area contributed by atoms with E-state index in [1.54, 1.807) is 0 Å². The third kappa shape index (κ3) is 5.36. The molecule has 1 atom stereocenters. The van der Waals surface area contributed by atoms with Crippen LogP contribution < -0.4 is 5.32 Å². The Morgan fingerprint density at radius 1 is 0.431 bits per heavy atom. The molecule has 272 valence electrons. The zero-order chi connectivity index (χ0) is 38.2. The highest BCUT2D eigenvalue weighted by atomic mass is 32.1. The van der Waals surface area contributed by atoms with Gasteiger partial charge < -0.3 is 9.73 Å². The normalized spacial score (nSPS) is 14.4. The van der Waals surface area contributed by atoms with E-state index in [9.17, 15) is 0 Å². The summed E-state index contributed by atoms with van der Waals surface area (Å²) in [7, 11) is 0. The maximum atomic E-state index is 6.89. The number of benzene rings is 9. The van der Waals surface area contributed by atoms with E-state index >= 15 is 0 Å². The standard InChI is InChI=1S/C53H33N3OS/c1-2-13-36(14-3-1)51-54-52(37-26-27-43-42-18-8-9-20-47(42)58-48(43)31-37)56-53(55-51)45-29-38(30-46-49(45)44-28-25-34-12-5-7-17-41(34)50(44)57-46)32-21-23-35(24-22-32)40-19-10-15-33-11-4-6-16-39(33)40/h1-31,53H,(H,54,55,56). The second-order valence-corrected chi connectivity index (χ2v) is 16.0. The minimum atomic E-state index is -0.547. The van der Waals surface area contributed by atoms with Crippen LogP contribution in [-0.4, -0.2) is 11.7 Å². The van der Waals surface area contributed by atoms with Crippen molar-refractivity contribution in [3.05, 3.63) is 205 Å². The van der Waals surface area contributed by atoms with Crippen LogP contribution in [-0.2, 0) is 0 Å². The summed E-state index contributed by atoms with van der Waals surface area (Å²) in [5.41, 5.74) is 9.25. The minimum Gasteiger partial charge on any atom is -0.455 e. The lowest BCUT2D eigenvalue weighted by molar-refractivity contribution is 0.671. The molecule has 11 aromatic rings. The largest absolute Gasteiger partial charge is 0.455 e. The number of aliphatic imine (C=N–C) groups is 2. The Morgan fingerprint density at radius 2 is 1.07 bits per heavy atom. The molecule has 58 heavy (non-hydrogen) atoms. The molecule has 1 aliphatic heterocycles. The molecule has 0 fully saturated rings. The van der Waals surface area contributed by atoms with Crippen molar-refractivity contribution in [1.29, 1.82) is 0 Å². The van der Waals surface area contributed by atoms with Gasteiger partial charge in [0.2, 0.25) is 0 Å². The number of hydrogen-bond acceptors (Lipinski definition) is 5. The van der Waals surface area contributed by atoms with Crippen molar-refractivity contribution in [3.63, 3.8) is 0 Å². The molecule has 0 saturated carbocycles. The topological polar surface area (TPSA) is 49.9 Å². The maximum absolute atomic E-state index is 6.89. The Balaban J connectivity index is 1.06. The number of nitrogens with one attached hydrogen (secondary N) is 1. The molecule has 5 heteroatoms. The van der Waals surface area contributed by atoms with Crippen molar-refractivity contribution < 1.29 is 4.42 Å². The molecule has 0 radical (unpaired) electrons. The Kier molecular flexibility index (Phi) is 7.43. The Morgan fingerprint density at radius 3 is 1.91 bits per heavy atom. The summed E-state index contributed by atoms with van der Waals surface area (Å²) in [5.74, 6) is 1.57. The van der Waals surface area contributed by atoms with Crippen LogP contribution in [0.25, 0.3) is 85.9 Å². The van der Waals surface area contributed by atoms with Gasteiger partial charge in [0.1, 0.15) is 22.8 Å². The number of amidine groups is 2. The summed E-state index contributed by atoms with van der Waals surface area (Å²) in [6.07, 6.45) is -0.547. The fourth-order valence-electron chi connectivity index (χ4n) is 8.71. The molecule has 12 rings (SSSR count). The van der Waals surface area contributed by atoms with Gasteiger partial charge in [-0.05, 0) is 68.7 Å². The highest BCUT2D eigenvalue weighted by Gasteiger charge is 2.26. The van der Waals surface area contributed by atoms with Gasteiger partial charge in [-0.15, -0.1) is 11.3 Å². The third-order valence-electron chi connectivity index (χ3n) is 11.5. The van der Waals surface area contributed by atoms with Crippen LogP contribution in [0.5, 0.6) is 0 Å². The number of thiophene rings is 1. The molecule has 1 N–H and O–H groups in total. The van der Waals surface area contributed by atoms with E-state index in [0.29, 0.717) is 0 Å². The van der Waals surface area contributed by atoms with E-state index in [0.717, 1.165) is 72.2 Å². The lowest BCUT2D eigenvalue weighted by Crippen LogP contribution is -2.36. The first-order valence-corrected chi connectivity index (χ1v) is 20.4. The maximum Gasteiger partial charge on any atom is 0.170 e. The molecule has 0 amide bonds. The fraction of sp³-hybridized carbons (Fsp3) is 0.0189. The highest BCUT2D eigenvalue weighted by Crippen LogP contribution is 2.43. The van der Waals surface area contributed by atoms with E-state index < -0.39 is 6.17 Å². The number of fused-ring (bicyclic) bond motifs is 9. The predicted molar refractivity (Wildman–Crippen MR) is 244 cm³/mol. The Labute approximate surface area is 338 Å². The third-order valence-corrected chi connectivity index (χ3v) is 12.7. The van der Waals surface area contributed by atoms with Gasteiger partial charge in [0.15, 0.2) is 6.17 Å². The number of hydrogen-bond donors (Lipinski definition) is 1. The molecule has 0 bridgehead atoms. The second-order valence-electron chi connectivity index (χ2n) is 14.9. The van der Waals surface area contributed by atoms with E-state index in [-0.39, 0.29) is 0 Å². The van der Waals surface area contributed by atoms with Crippen molar-refractivity contribution in [2.24, 2.45) is 9.98 Å². The van der Waals surface area contributed by atoms with Crippen LogP contribution in [0.1, 0.15) is 22.9 Å². The average Bonchev–Trinajstić information content (AvgIpc) is 3.87. The molecule has 1 aliphatic rings. The average molecular weight is 760 g/mol. The molecule has 0 spiro atoms. The van der Waals surface area contributed by atoms with Crippen molar-refractivity contribution in [2.75, 3.05) is 0 Å². The smallest absolute Gasteiger partial charge is 0.170 e. The van der Waals surface area contributed by atoms with Crippen LogP contribution in [0, 0.1) is 0 Å². The first kappa shape index (κ1) is 32.9. The van der Waals surface area contributed by atoms with Gasteiger partial charge in [-0.1, -0.05) is 158 Å². The second kappa shape index (κ2) is 13.1. The van der Waals surface area contributed by atoms with E-state index in [4.69, 9.17) is 14.4 Å². The predicted octanol–water partition coefficient (Wildman–Crippen LogP) is 14.1. The van der Waals surface area contributed by atoms with Gasteiger partial charge in [0, 0.05) is 53.0 Å². The number of furan rings is 1. The van der Waals surface area contributed by atoms with E-state index in [1.165, 1.54) is 42.1 Å². The summed E-state index contributed by atoms with van der Waals surface area (Å²) in [6, 6.07) is 66.9. The zero-order valence-corrected chi connectivity index (χ0v) is 32.0. The fourth-order valence-corrected chi connectivity index (χ4v) is 9.85. The SMILES string of the molecule is c1ccc(C2=NC(c3cc(-c4ccc(-c5cccc6ccccc56)cc4)cc4oc5c6ccccc6ccc5c34)N=C(c3ccc4c(c3)sc3ccccc34)N2)cc1. The first-order valence-electron chi connectivity index (χ1n) is 19.6. The van der Waals surface area contributed by atoms with Crippen LogP contribution >= 0.6 is 11.3 Å². The summed E-state index contributed by atoms with van der Waals surface area (Å²) in [5, 5.41) is 13.0. The lowest BCUT2D eigenvalue weighted by Gasteiger charge is -2.23. The van der Waals surface area contributed by atoms with Gasteiger partial charge in [-0.3, -0.25) is 0 Å². The van der Waals surface area contributed by atoms with Crippen molar-refractivity contribution in [3.8, 4) is 22.3 Å². The lowest BCUT2D eigenvalue weighted by atomic mass is 9.94. The molecule has 3 heterocycles. The van der Waals surface area contributed by atoms with Crippen molar-refractivity contribution in [1.82, 2.24) is 5.32 Å². The Bertz CT molecular complexity index is 3480. The highest BCUT2D eigenvalue weighted by molar-refractivity contribution is 7.25. The van der Waals surface area contributed by atoms with Crippen molar-refractivity contribution in [2.45, 2.75) is 6.17 Å². The molecule has 9 aromatic carbocycles.